The van der Waals surface area contributed by atoms with E-state index in [2.05, 4.69) is 31.8 Å². The van der Waals surface area contributed by atoms with Gasteiger partial charge in [0.2, 0.25) is 5.91 Å². The van der Waals surface area contributed by atoms with Crippen LogP contribution < -0.4 is 0 Å². The molecule has 0 radical (unpaired) electrons. The van der Waals surface area contributed by atoms with Crippen LogP contribution in [0.4, 0.5) is 0 Å². The first-order valence-corrected chi connectivity index (χ1v) is 10.1. The van der Waals surface area contributed by atoms with Crippen LogP contribution in [-0.4, -0.2) is 66.4 Å². The molecular weight excluding hydrogens is 342 g/mol. The van der Waals surface area contributed by atoms with Gasteiger partial charge in [-0.25, -0.2) is 0 Å². The van der Waals surface area contributed by atoms with Crippen LogP contribution in [0.15, 0.2) is 18.5 Å². The number of hydrogen-bond acceptors (Lipinski definition) is 5. The number of carbonyl (C=O) groups excluding carboxylic acids is 1. The summed E-state index contributed by atoms with van der Waals surface area (Å²) in [5.41, 5.74) is 0. The number of carbonyl (C=O) groups is 1. The Bertz CT molecular complexity index is 748. The second kappa shape index (κ2) is 8.21. The third-order valence-electron chi connectivity index (χ3n) is 5.81. The molecule has 0 N–H and O–H groups in total. The van der Waals surface area contributed by atoms with E-state index in [1.54, 1.807) is 10.9 Å². The lowest BCUT2D eigenvalue weighted by Gasteiger charge is -2.32. The molecule has 1 amide bonds. The van der Waals surface area contributed by atoms with Gasteiger partial charge in [0, 0.05) is 38.4 Å². The Morgan fingerprint density at radius 3 is 2.78 bits per heavy atom. The van der Waals surface area contributed by atoms with Crippen molar-refractivity contribution in [1.29, 1.82) is 0 Å². The van der Waals surface area contributed by atoms with E-state index in [0.717, 1.165) is 57.2 Å². The largest absolute Gasteiger partial charge is 0.340 e. The van der Waals surface area contributed by atoms with Crippen molar-refractivity contribution < 1.29 is 4.79 Å². The molecule has 4 rings (SSSR count). The summed E-state index contributed by atoms with van der Waals surface area (Å²) in [6.45, 7) is 5.02. The number of aromatic nitrogens is 5. The molecule has 2 aliphatic rings. The fraction of sp³-hybridized carbons (Fsp3) is 0.684. The van der Waals surface area contributed by atoms with Crippen molar-refractivity contribution in [1.82, 2.24) is 34.3 Å². The van der Waals surface area contributed by atoms with Gasteiger partial charge in [-0.3, -0.25) is 14.4 Å². The van der Waals surface area contributed by atoms with Crippen molar-refractivity contribution in [3.05, 3.63) is 30.1 Å². The summed E-state index contributed by atoms with van der Waals surface area (Å²) in [4.78, 5) is 17.0. The molecule has 0 saturated carbocycles. The van der Waals surface area contributed by atoms with E-state index in [4.69, 9.17) is 0 Å². The molecule has 146 valence electrons. The summed E-state index contributed by atoms with van der Waals surface area (Å²) in [7, 11) is 2.07. The molecule has 2 saturated heterocycles. The molecule has 27 heavy (non-hydrogen) atoms. The molecule has 2 fully saturated rings. The molecule has 1 atom stereocenters. The maximum Gasteiger partial charge on any atom is 0.244 e. The maximum atomic E-state index is 12.6. The van der Waals surface area contributed by atoms with E-state index in [-0.39, 0.29) is 11.8 Å². The highest BCUT2D eigenvalue weighted by atomic mass is 16.2. The van der Waals surface area contributed by atoms with Crippen LogP contribution in [0.3, 0.4) is 0 Å². The van der Waals surface area contributed by atoms with Crippen LogP contribution in [-0.2, 0) is 24.9 Å². The highest BCUT2D eigenvalue weighted by Gasteiger charge is 2.28. The van der Waals surface area contributed by atoms with E-state index in [1.165, 1.54) is 19.3 Å². The predicted octanol–water partition coefficient (Wildman–Crippen LogP) is 1.40. The van der Waals surface area contributed by atoms with Gasteiger partial charge in [0.1, 0.15) is 18.2 Å². The third-order valence-corrected chi connectivity index (χ3v) is 5.81. The minimum absolute atomic E-state index is 0.124. The zero-order valence-electron chi connectivity index (χ0n) is 16.1. The van der Waals surface area contributed by atoms with E-state index in [9.17, 15) is 4.79 Å². The van der Waals surface area contributed by atoms with Gasteiger partial charge in [-0.05, 0) is 44.8 Å². The van der Waals surface area contributed by atoms with Gasteiger partial charge in [0.05, 0.1) is 6.54 Å². The number of piperidine rings is 2. The summed E-state index contributed by atoms with van der Waals surface area (Å²) in [5, 5.41) is 13.1. The molecule has 8 nitrogen and oxygen atoms in total. The fourth-order valence-corrected chi connectivity index (χ4v) is 4.23. The van der Waals surface area contributed by atoms with Crippen LogP contribution in [0, 0.1) is 0 Å². The van der Waals surface area contributed by atoms with E-state index < -0.39 is 0 Å². The van der Waals surface area contributed by atoms with Gasteiger partial charge in [-0.2, -0.15) is 5.10 Å². The van der Waals surface area contributed by atoms with Crippen LogP contribution >= 0.6 is 0 Å². The summed E-state index contributed by atoms with van der Waals surface area (Å²) in [5.74, 6) is 2.43. The first kappa shape index (κ1) is 18.2. The normalized spacial score (nSPS) is 21.5. The molecule has 0 aliphatic carbocycles. The highest BCUT2D eigenvalue weighted by molar-refractivity contribution is 5.76. The van der Waals surface area contributed by atoms with Crippen LogP contribution in [0.2, 0.25) is 0 Å². The molecule has 2 aliphatic heterocycles. The molecule has 2 aromatic heterocycles. The highest BCUT2D eigenvalue weighted by Crippen LogP contribution is 2.26. The first-order chi connectivity index (χ1) is 13.2. The van der Waals surface area contributed by atoms with Crippen LogP contribution in [0.25, 0.3) is 0 Å². The Hall–Kier alpha value is -2.22. The van der Waals surface area contributed by atoms with Crippen LogP contribution in [0.1, 0.15) is 49.7 Å². The minimum Gasteiger partial charge on any atom is -0.340 e. The van der Waals surface area contributed by atoms with Crippen molar-refractivity contribution in [3.8, 4) is 0 Å². The zero-order chi connectivity index (χ0) is 18.6. The summed E-state index contributed by atoms with van der Waals surface area (Å²) in [6, 6.07) is 1.84. The van der Waals surface area contributed by atoms with Gasteiger partial charge in [-0.15, -0.1) is 10.2 Å². The second-order valence-corrected chi connectivity index (χ2v) is 7.75. The minimum atomic E-state index is 0.124. The van der Waals surface area contributed by atoms with Gasteiger partial charge >= 0.3 is 0 Å². The Labute approximate surface area is 160 Å². The van der Waals surface area contributed by atoms with Gasteiger partial charge in [0.25, 0.3) is 0 Å². The molecule has 0 spiro atoms. The fourth-order valence-electron chi connectivity index (χ4n) is 4.23. The van der Waals surface area contributed by atoms with Crippen molar-refractivity contribution in [2.45, 2.75) is 51.1 Å². The lowest BCUT2D eigenvalue weighted by atomic mass is 9.97. The van der Waals surface area contributed by atoms with Crippen molar-refractivity contribution in [2.75, 3.05) is 26.2 Å². The zero-order valence-corrected chi connectivity index (χ0v) is 16.1. The number of nitrogens with zero attached hydrogens (tertiary/aromatic N) is 7. The Balaban J connectivity index is 1.39. The summed E-state index contributed by atoms with van der Waals surface area (Å²) in [6.07, 6.45) is 9.49. The van der Waals surface area contributed by atoms with Crippen LogP contribution in [0.5, 0.6) is 0 Å². The topological polar surface area (TPSA) is 72.1 Å². The van der Waals surface area contributed by atoms with Crippen molar-refractivity contribution in [2.24, 2.45) is 7.05 Å². The third kappa shape index (κ3) is 4.21. The quantitative estimate of drug-likeness (QED) is 0.795. The Kier molecular flexibility index (Phi) is 5.52. The number of amides is 1. The second-order valence-electron chi connectivity index (χ2n) is 7.75. The molecule has 1 unspecified atom stereocenters. The summed E-state index contributed by atoms with van der Waals surface area (Å²) >= 11 is 0. The van der Waals surface area contributed by atoms with Gasteiger partial charge < -0.3 is 9.47 Å². The number of rotatable bonds is 5. The lowest BCUT2D eigenvalue weighted by molar-refractivity contribution is -0.133. The monoisotopic (exact) mass is 371 g/mol. The van der Waals surface area contributed by atoms with E-state index >= 15 is 0 Å². The molecule has 4 heterocycles. The summed E-state index contributed by atoms with van der Waals surface area (Å²) < 4.78 is 3.84. The Morgan fingerprint density at radius 2 is 2.00 bits per heavy atom. The standard InChI is InChI=1S/C19H29N7O/c1-23-17(14-24-9-3-2-4-10-24)21-22-19(23)16-7-5-11-25(13-16)18(27)15-26-12-6-8-20-26/h6,8,12,16H,2-5,7,9-11,13-15H2,1H3. The SMILES string of the molecule is Cn1c(CN2CCCCC2)nnc1C1CCCN(C(=O)Cn2cccn2)C1. The van der Waals surface area contributed by atoms with Gasteiger partial charge in [0.15, 0.2) is 0 Å². The Morgan fingerprint density at radius 1 is 1.15 bits per heavy atom. The molecular formula is C19H29N7O. The molecule has 0 bridgehead atoms. The van der Waals surface area contributed by atoms with Crippen molar-refractivity contribution in [3.63, 3.8) is 0 Å². The lowest BCUT2D eigenvalue weighted by Crippen LogP contribution is -2.41. The molecule has 8 heteroatoms. The van der Waals surface area contributed by atoms with E-state index in [1.807, 2.05) is 17.2 Å². The number of hydrogen-bond donors (Lipinski definition) is 0. The van der Waals surface area contributed by atoms with E-state index in [0.29, 0.717) is 6.54 Å². The average Bonchev–Trinajstić information content (AvgIpc) is 3.33. The molecule has 2 aromatic rings. The maximum absolute atomic E-state index is 12.6. The average molecular weight is 371 g/mol. The first-order valence-electron chi connectivity index (χ1n) is 10.1. The number of likely N-dealkylation sites (tertiary alicyclic amines) is 2. The van der Waals surface area contributed by atoms with Crippen molar-refractivity contribution >= 4 is 5.91 Å². The van der Waals surface area contributed by atoms with Gasteiger partial charge in [-0.1, -0.05) is 6.42 Å². The predicted molar refractivity (Wildman–Crippen MR) is 101 cm³/mol. The smallest absolute Gasteiger partial charge is 0.244 e. The molecule has 0 aromatic carbocycles.